The monoisotopic (exact) mass is 588 g/mol. The van der Waals surface area contributed by atoms with Crippen LogP contribution in [-0.2, 0) is 17.4 Å². The molecular weight excluding hydrogens is 561 g/mol. The number of esters is 1. The van der Waals surface area contributed by atoms with Gasteiger partial charge in [0.2, 0.25) is 0 Å². The van der Waals surface area contributed by atoms with Crippen LogP contribution < -0.4 is 9.47 Å². The van der Waals surface area contributed by atoms with E-state index in [9.17, 15) is 22.8 Å². The Hall–Kier alpha value is -4.99. The van der Waals surface area contributed by atoms with Crippen molar-refractivity contribution in [1.82, 2.24) is 9.88 Å². The van der Waals surface area contributed by atoms with Crippen LogP contribution >= 0.6 is 0 Å². The summed E-state index contributed by atoms with van der Waals surface area (Å²) in [5.41, 5.74) is 2.40. The van der Waals surface area contributed by atoms with E-state index in [0.29, 0.717) is 41.3 Å². The zero-order valence-electron chi connectivity index (χ0n) is 23.5. The molecule has 1 atom stereocenters. The van der Waals surface area contributed by atoms with Gasteiger partial charge in [-0.2, -0.15) is 13.2 Å². The van der Waals surface area contributed by atoms with Crippen molar-refractivity contribution in [3.8, 4) is 22.8 Å². The predicted molar refractivity (Wildman–Crippen MR) is 153 cm³/mol. The lowest BCUT2D eigenvalue weighted by molar-refractivity contribution is -0.137. The maximum atomic E-state index is 14.2. The van der Waals surface area contributed by atoms with Crippen LogP contribution in [0.2, 0.25) is 0 Å². The number of benzene rings is 3. The number of carbonyl (C=O) groups is 2. The Morgan fingerprint density at radius 1 is 1.02 bits per heavy atom. The first-order valence-electron chi connectivity index (χ1n) is 13.6. The number of H-pyrrole nitrogens is 1. The van der Waals surface area contributed by atoms with Gasteiger partial charge in [0.15, 0.2) is 0 Å². The maximum absolute atomic E-state index is 14.2. The van der Waals surface area contributed by atoms with E-state index in [1.165, 1.54) is 31.2 Å². The van der Waals surface area contributed by atoms with Crippen molar-refractivity contribution in [2.75, 3.05) is 13.7 Å². The highest BCUT2D eigenvalue weighted by Crippen LogP contribution is 2.43. The molecule has 0 aliphatic carbocycles. The summed E-state index contributed by atoms with van der Waals surface area (Å²) in [6.45, 7) is 3.28. The number of aromatic amines is 1. The zero-order valence-corrected chi connectivity index (χ0v) is 23.5. The van der Waals surface area contributed by atoms with Crippen LogP contribution in [0.4, 0.5) is 13.2 Å². The van der Waals surface area contributed by atoms with E-state index in [-0.39, 0.29) is 23.0 Å². The highest BCUT2D eigenvalue weighted by molar-refractivity contribution is 5.97. The van der Waals surface area contributed by atoms with Gasteiger partial charge in [-0.15, -0.1) is 0 Å². The van der Waals surface area contributed by atoms with Crippen LogP contribution in [0.25, 0.3) is 22.2 Å². The fraction of sp³-hybridized carbons (Fsp3) is 0.212. The number of halogens is 3. The molecule has 0 saturated carbocycles. The van der Waals surface area contributed by atoms with Crippen molar-refractivity contribution >= 4 is 22.8 Å². The number of ether oxygens (including phenoxy) is 2. The molecule has 0 spiro atoms. The molecule has 3 heterocycles. The van der Waals surface area contributed by atoms with Gasteiger partial charge in [0.05, 0.1) is 18.4 Å². The lowest BCUT2D eigenvalue weighted by Crippen LogP contribution is -2.40. The van der Waals surface area contributed by atoms with Crippen LogP contribution in [0.1, 0.15) is 51.5 Å². The summed E-state index contributed by atoms with van der Waals surface area (Å²) in [7, 11) is 1.58. The molecule has 43 heavy (non-hydrogen) atoms. The third kappa shape index (κ3) is 5.03. The van der Waals surface area contributed by atoms with Crippen molar-refractivity contribution in [2.24, 2.45) is 0 Å². The van der Waals surface area contributed by atoms with Gasteiger partial charge in [-0.3, -0.25) is 9.59 Å². The summed E-state index contributed by atoms with van der Waals surface area (Å²) in [6, 6.07) is 18.1. The second-order valence-corrected chi connectivity index (χ2v) is 10.3. The number of carbonyl (C=O) groups excluding carboxylic acids is 2. The third-order valence-corrected chi connectivity index (χ3v) is 7.76. The van der Waals surface area contributed by atoms with Gasteiger partial charge >= 0.3 is 12.1 Å². The molecule has 1 aliphatic heterocycles. The molecule has 220 valence electrons. The molecule has 0 saturated heterocycles. The van der Waals surface area contributed by atoms with Crippen LogP contribution in [0.15, 0.2) is 77.2 Å². The molecule has 1 amide bonds. The first kappa shape index (κ1) is 28.1. The number of furan rings is 1. The number of aromatic nitrogens is 1. The quantitative estimate of drug-likeness (QED) is 0.170. The molecule has 0 radical (unpaired) electrons. The molecule has 2 aromatic heterocycles. The summed E-state index contributed by atoms with van der Waals surface area (Å²) in [6.07, 6.45) is -4.07. The smallest absolute Gasteiger partial charge is 0.417 e. The number of alkyl halides is 3. The number of nitrogens with zero attached hydrogens (tertiary/aromatic N) is 1. The van der Waals surface area contributed by atoms with Gasteiger partial charge in [-0.1, -0.05) is 24.3 Å². The van der Waals surface area contributed by atoms with Gasteiger partial charge in [-0.25, -0.2) is 0 Å². The fourth-order valence-corrected chi connectivity index (χ4v) is 5.77. The predicted octanol–water partition coefficient (Wildman–Crippen LogP) is 7.48. The Bertz CT molecular complexity index is 1870. The Morgan fingerprint density at radius 3 is 2.56 bits per heavy atom. The number of methoxy groups -OCH3 is 1. The van der Waals surface area contributed by atoms with Crippen molar-refractivity contribution in [3.63, 3.8) is 0 Å². The van der Waals surface area contributed by atoms with E-state index in [1.54, 1.807) is 43.2 Å². The Kier molecular flexibility index (Phi) is 7.00. The van der Waals surface area contributed by atoms with E-state index in [0.717, 1.165) is 22.5 Å². The lowest BCUT2D eigenvalue weighted by atomic mass is 9.94. The molecule has 5 aromatic rings. The second-order valence-electron chi connectivity index (χ2n) is 10.3. The largest absolute Gasteiger partial charge is 0.497 e. The number of hydrogen-bond donors (Lipinski definition) is 1. The normalized spacial score (nSPS) is 14.9. The van der Waals surface area contributed by atoms with Crippen LogP contribution in [0.5, 0.6) is 11.5 Å². The molecule has 0 unspecified atom stereocenters. The van der Waals surface area contributed by atoms with Crippen molar-refractivity contribution in [3.05, 3.63) is 107 Å². The van der Waals surface area contributed by atoms with E-state index in [1.807, 2.05) is 18.2 Å². The Balaban J connectivity index is 1.49. The summed E-state index contributed by atoms with van der Waals surface area (Å²) in [4.78, 5) is 30.9. The van der Waals surface area contributed by atoms with E-state index in [2.05, 4.69) is 4.98 Å². The minimum Gasteiger partial charge on any atom is -0.497 e. The highest BCUT2D eigenvalue weighted by atomic mass is 19.4. The standard InChI is InChI=1S/C33H27F3N2O5/c1-18-21(8-6-10-27(18)42-19(2)39)32(40)38-16-15-22-24-17-20(41-3)11-12-26(24)37-30(22)31(38)29-14-13-28(43-29)23-7-4-5-9-25(23)33(34,35)36/h4-14,17,31,37H,15-16H2,1-3H3/t31-/m1/s1. The fourth-order valence-electron chi connectivity index (χ4n) is 5.77. The van der Waals surface area contributed by atoms with Crippen LogP contribution in [0.3, 0.4) is 0 Å². The van der Waals surface area contributed by atoms with E-state index >= 15 is 0 Å². The Morgan fingerprint density at radius 2 is 1.81 bits per heavy atom. The molecular formula is C33H27F3N2O5. The second kappa shape index (κ2) is 10.7. The summed E-state index contributed by atoms with van der Waals surface area (Å²) < 4.78 is 58.4. The van der Waals surface area contributed by atoms with E-state index < -0.39 is 23.8 Å². The molecule has 1 aliphatic rings. The SMILES string of the molecule is COc1ccc2[nH]c3c(c2c1)CCN(C(=O)c1cccc(OC(C)=O)c1C)[C@@H]3c1ccc(-c2ccccc2C(F)(F)F)o1. The first-order valence-corrected chi connectivity index (χ1v) is 13.6. The molecule has 1 N–H and O–H groups in total. The van der Waals surface area contributed by atoms with Crippen molar-refractivity contribution in [2.45, 2.75) is 32.5 Å². The average Bonchev–Trinajstić information content (AvgIpc) is 3.61. The van der Waals surface area contributed by atoms with Gasteiger partial charge < -0.3 is 23.8 Å². The number of hydrogen-bond acceptors (Lipinski definition) is 5. The lowest BCUT2D eigenvalue weighted by Gasteiger charge is -2.35. The molecule has 7 nitrogen and oxygen atoms in total. The minimum atomic E-state index is -4.58. The van der Waals surface area contributed by atoms with Gasteiger partial charge in [0.25, 0.3) is 5.91 Å². The van der Waals surface area contributed by atoms with Crippen LogP contribution in [-0.4, -0.2) is 35.4 Å². The van der Waals surface area contributed by atoms with Gasteiger partial charge in [-0.05, 0) is 67.4 Å². The highest BCUT2D eigenvalue weighted by Gasteiger charge is 2.39. The maximum Gasteiger partial charge on any atom is 0.417 e. The minimum absolute atomic E-state index is 0.0354. The molecule has 10 heteroatoms. The molecule has 0 bridgehead atoms. The molecule has 6 rings (SSSR count). The number of nitrogens with one attached hydrogen (secondary N) is 1. The summed E-state index contributed by atoms with van der Waals surface area (Å²) >= 11 is 0. The third-order valence-electron chi connectivity index (χ3n) is 7.76. The van der Waals surface area contributed by atoms with Gasteiger partial charge in [0.1, 0.15) is 29.1 Å². The van der Waals surface area contributed by atoms with Crippen LogP contribution in [0, 0.1) is 6.92 Å². The summed E-state index contributed by atoms with van der Waals surface area (Å²) in [5.74, 6) is 0.429. The van der Waals surface area contributed by atoms with E-state index in [4.69, 9.17) is 13.9 Å². The number of fused-ring (bicyclic) bond motifs is 3. The van der Waals surface area contributed by atoms with Crippen molar-refractivity contribution in [1.29, 1.82) is 0 Å². The van der Waals surface area contributed by atoms with Gasteiger partial charge in [0, 0.05) is 41.1 Å². The molecule has 0 fully saturated rings. The average molecular weight is 589 g/mol. The first-order chi connectivity index (χ1) is 20.6. The number of amides is 1. The van der Waals surface area contributed by atoms with Crippen molar-refractivity contribution < 1.29 is 36.7 Å². The topological polar surface area (TPSA) is 84.8 Å². The summed E-state index contributed by atoms with van der Waals surface area (Å²) in [5, 5.41) is 0.925. The molecule has 3 aromatic carbocycles. The Labute approximate surface area is 244 Å². The number of rotatable bonds is 5. The zero-order chi connectivity index (χ0) is 30.5.